The molecule has 0 radical (unpaired) electrons. The zero-order valence-electron chi connectivity index (χ0n) is 9.54. The summed E-state index contributed by atoms with van der Waals surface area (Å²) in [6, 6.07) is 6.89. The van der Waals surface area contributed by atoms with E-state index >= 15 is 0 Å². The van der Waals surface area contributed by atoms with Crippen molar-refractivity contribution in [1.82, 2.24) is 0 Å². The Hall–Kier alpha value is -1.47. The van der Waals surface area contributed by atoms with E-state index in [1.54, 1.807) is 24.3 Å². The van der Waals surface area contributed by atoms with Gasteiger partial charge in [-0.1, -0.05) is 12.1 Å². The predicted molar refractivity (Wildman–Crippen MR) is 65.1 cm³/mol. The molecular weight excluding hydrogens is 259 g/mol. The number of halogens is 1. The average Bonchev–Trinajstić information content (AvgIpc) is 2.71. The zero-order valence-corrected chi connectivity index (χ0v) is 10.4. The summed E-state index contributed by atoms with van der Waals surface area (Å²) in [7, 11) is -4.68. The second-order valence-corrected chi connectivity index (χ2v) is 5.80. The van der Waals surface area contributed by atoms with Crippen molar-refractivity contribution in [2.24, 2.45) is 5.73 Å². The largest absolute Gasteiger partial charge is 0.326 e. The van der Waals surface area contributed by atoms with Crippen molar-refractivity contribution >= 4 is 21.8 Å². The lowest BCUT2D eigenvalue weighted by atomic mass is 10.2. The van der Waals surface area contributed by atoms with Crippen molar-refractivity contribution in [1.29, 1.82) is 0 Å². The van der Waals surface area contributed by atoms with Crippen LogP contribution < -0.4 is 10.6 Å². The van der Waals surface area contributed by atoms with E-state index in [1.807, 2.05) is 0 Å². The number of nitrogens with zero attached hydrogens (tertiary/aromatic N) is 1. The molecule has 0 bridgehead atoms. The molecule has 2 rings (SSSR count). The highest BCUT2D eigenvalue weighted by molar-refractivity contribution is 7.87. The Morgan fingerprint density at radius 3 is 2.72 bits per heavy atom. The molecule has 0 saturated carbocycles. The smallest absolute Gasteiger partial charge is 0.307 e. The standard InChI is InChI=1S/C11H13FN2O3S/c12-18(16,17)10-5-11(15)14(7-10)9-3-1-2-8(4-9)6-13/h1-4,10H,5-7,13H2. The van der Waals surface area contributed by atoms with Crippen LogP contribution >= 0.6 is 0 Å². The summed E-state index contributed by atoms with van der Waals surface area (Å²) >= 11 is 0. The maximum Gasteiger partial charge on any atom is 0.307 e. The zero-order chi connectivity index (χ0) is 13.3. The number of carbonyl (C=O) groups excluding carboxylic acids is 1. The number of anilines is 1. The van der Waals surface area contributed by atoms with Crippen LogP contribution in [-0.4, -0.2) is 26.1 Å². The van der Waals surface area contributed by atoms with Gasteiger partial charge >= 0.3 is 10.2 Å². The van der Waals surface area contributed by atoms with Crippen LogP contribution in [0.5, 0.6) is 0 Å². The molecule has 0 aliphatic carbocycles. The molecule has 0 aromatic heterocycles. The number of rotatable bonds is 3. The summed E-state index contributed by atoms with van der Waals surface area (Å²) in [5.74, 6) is -0.393. The third kappa shape index (κ3) is 2.51. The van der Waals surface area contributed by atoms with Gasteiger partial charge in [-0.05, 0) is 17.7 Å². The van der Waals surface area contributed by atoms with Crippen LogP contribution in [0.4, 0.5) is 9.57 Å². The lowest BCUT2D eigenvalue weighted by Gasteiger charge is -2.16. The molecule has 5 nitrogen and oxygen atoms in total. The third-order valence-electron chi connectivity index (χ3n) is 2.95. The first kappa shape index (κ1) is 13.0. The lowest BCUT2D eigenvalue weighted by Crippen LogP contribution is -2.27. The minimum Gasteiger partial charge on any atom is -0.326 e. The molecule has 1 unspecified atom stereocenters. The summed E-state index contributed by atoms with van der Waals surface area (Å²) in [6.07, 6.45) is -0.314. The molecule has 1 aliphatic rings. The summed E-state index contributed by atoms with van der Waals surface area (Å²) in [6.45, 7) is 0.173. The van der Waals surface area contributed by atoms with Crippen molar-refractivity contribution in [3.05, 3.63) is 29.8 Å². The Bertz CT molecular complexity index is 573. The van der Waals surface area contributed by atoms with Gasteiger partial charge in [-0.2, -0.15) is 8.42 Å². The molecule has 1 amide bonds. The SMILES string of the molecule is NCc1cccc(N2CC(S(=O)(=O)F)CC2=O)c1. The monoisotopic (exact) mass is 272 g/mol. The predicted octanol–water partition coefficient (Wildman–Crippen LogP) is 0.550. The molecule has 1 aromatic rings. The van der Waals surface area contributed by atoms with Gasteiger partial charge in [0.05, 0.1) is 0 Å². The van der Waals surface area contributed by atoms with Gasteiger partial charge in [0.15, 0.2) is 0 Å². The van der Waals surface area contributed by atoms with E-state index < -0.39 is 21.4 Å². The first-order chi connectivity index (χ1) is 8.41. The van der Waals surface area contributed by atoms with Crippen LogP contribution in [-0.2, 0) is 21.6 Å². The Morgan fingerprint density at radius 2 is 2.17 bits per heavy atom. The highest BCUT2D eigenvalue weighted by Gasteiger charge is 2.39. The number of nitrogens with two attached hydrogens (primary N) is 1. The number of benzene rings is 1. The van der Waals surface area contributed by atoms with E-state index in [-0.39, 0.29) is 13.0 Å². The van der Waals surface area contributed by atoms with Crippen LogP contribution in [0.3, 0.4) is 0 Å². The fraction of sp³-hybridized carbons (Fsp3) is 0.364. The molecule has 7 heteroatoms. The van der Waals surface area contributed by atoms with Crippen molar-refractivity contribution in [2.45, 2.75) is 18.2 Å². The molecule has 2 N–H and O–H groups in total. The van der Waals surface area contributed by atoms with Crippen LogP contribution in [0.15, 0.2) is 24.3 Å². The Balaban J connectivity index is 2.27. The summed E-state index contributed by atoms with van der Waals surface area (Å²) < 4.78 is 34.5. The number of carbonyl (C=O) groups is 1. The first-order valence-corrected chi connectivity index (χ1v) is 6.89. The van der Waals surface area contributed by atoms with Gasteiger partial charge < -0.3 is 10.6 Å². The Labute approximate surface area is 105 Å². The van der Waals surface area contributed by atoms with Crippen LogP contribution in [0.1, 0.15) is 12.0 Å². The van der Waals surface area contributed by atoms with E-state index in [0.717, 1.165) is 5.56 Å². The average molecular weight is 272 g/mol. The van der Waals surface area contributed by atoms with Gasteiger partial charge in [0, 0.05) is 25.2 Å². The second kappa shape index (κ2) is 4.66. The highest BCUT2D eigenvalue weighted by Crippen LogP contribution is 2.26. The summed E-state index contributed by atoms with van der Waals surface area (Å²) in [5.41, 5.74) is 6.87. The molecular formula is C11H13FN2O3S. The van der Waals surface area contributed by atoms with E-state index in [9.17, 15) is 17.1 Å². The van der Waals surface area contributed by atoms with Crippen molar-refractivity contribution < 1.29 is 17.1 Å². The van der Waals surface area contributed by atoms with Gasteiger partial charge in [0.2, 0.25) is 5.91 Å². The van der Waals surface area contributed by atoms with Gasteiger partial charge in [-0.3, -0.25) is 4.79 Å². The Morgan fingerprint density at radius 1 is 1.44 bits per heavy atom. The maximum absolute atomic E-state index is 12.9. The molecule has 1 aromatic carbocycles. The minimum atomic E-state index is -4.68. The third-order valence-corrected chi connectivity index (χ3v) is 4.06. The first-order valence-electron chi connectivity index (χ1n) is 5.44. The van der Waals surface area contributed by atoms with E-state index in [4.69, 9.17) is 5.73 Å². The Kier molecular flexibility index (Phi) is 3.36. The van der Waals surface area contributed by atoms with E-state index in [2.05, 4.69) is 0 Å². The van der Waals surface area contributed by atoms with Crippen molar-refractivity contribution in [2.75, 3.05) is 11.4 Å². The highest BCUT2D eigenvalue weighted by atomic mass is 32.3. The van der Waals surface area contributed by atoms with Gasteiger partial charge in [0.25, 0.3) is 0 Å². The fourth-order valence-electron chi connectivity index (χ4n) is 1.96. The van der Waals surface area contributed by atoms with Gasteiger partial charge in [-0.25, -0.2) is 0 Å². The van der Waals surface area contributed by atoms with Crippen molar-refractivity contribution in [3.63, 3.8) is 0 Å². The second-order valence-electron chi connectivity index (χ2n) is 4.18. The molecule has 1 fully saturated rings. The molecule has 1 atom stereocenters. The molecule has 1 aliphatic heterocycles. The molecule has 1 saturated heterocycles. The minimum absolute atomic E-state index is 0.147. The topological polar surface area (TPSA) is 80.5 Å². The van der Waals surface area contributed by atoms with E-state index in [1.165, 1.54) is 4.90 Å². The van der Waals surface area contributed by atoms with Crippen molar-refractivity contribution in [3.8, 4) is 0 Å². The normalized spacial score (nSPS) is 20.4. The maximum atomic E-state index is 12.9. The fourth-order valence-corrected chi connectivity index (χ4v) is 2.63. The summed E-state index contributed by atoms with van der Waals surface area (Å²) in [4.78, 5) is 13.0. The number of amides is 1. The van der Waals surface area contributed by atoms with Gasteiger partial charge in [0.1, 0.15) is 5.25 Å². The lowest BCUT2D eigenvalue weighted by molar-refractivity contribution is -0.117. The number of hydrogen-bond donors (Lipinski definition) is 1. The van der Waals surface area contributed by atoms with Crippen LogP contribution in [0, 0.1) is 0 Å². The van der Waals surface area contributed by atoms with Crippen LogP contribution in [0.25, 0.3) is 0 Å². The number of hydrogen-bond acceptors (Lipinski definition) is 4. The quantitative estimate of drug-likeness (QED) is 0.815. The van der Waals surface area contributed by atoms with E-state index in [0.29, 0.717) is 12.2 Å². The summed E-state index contributed by atoms with van der Waals surface area (Å²) in [5, 5.41) is -1.27. The van der Waals surface area contributed by atoms with Crippen LogP contribution in [0.2, 0.25) is 0 Å². The van der Waals surface area contributed by atoms with Gasteiger partial charge in [-0.15, -0.1) is 3.89 Å². The molecule has 98 valence electrons. The molecule has 0 spiro atoms. The molecule has 1 heterocycles. The molecule has 18 heavy (non-hydrogen) atoms.